The first-order valence-corrected chi connectivity index (χ1v) is 9.29. The molecule has 1 heterocycles. The molecule has 5 heteroatoms. The van der Waals surface area contributed by atoms with Crippen LogP contribution in [-0.4, -0.2) is 28.6 Å². The molecule has 0 saturated heterocycles. The maximum absolute atomic E-state index is 12.9. The third-order valence-corrected chi connectivity index (χ3v) is 4.48. The van der Waals surface area contributed by atoms with E-state index in [0.29, 0.717) is 11.4 Å². The molecule has 0 aliphatic rings. The van der Waals surface area contributed by atoms with Crippen molar-refractivity contribution in [2.45, 2.75) is 19.4 Å². The Labute approximate surface area is 170 Å². The van der Waals surface area contributed by atoms with E-state index in [2.05, 4.69) is 4.98 Å². The van der Waals surface area contributed by atoms with Crippen molar-refractivity contribution >= 4 is 23.7 Å². The van der Waals surface area contributed by atoms with E-state index in [1.54, 1.807) is 57.6 Å². The van der Waals surface area contributed by atoms with Gasteiger partial charge in [0, 0.05) is 25.1 Å². The lowest BCUT2D eigenvalue weighted by Crippen LogP contribution is -2.47. The number of hydrogen-bond donors (Lipinski definition) is 1. The lowest BCUT2D eigenvalue weighted by Gasteiger charge is -2.30. The lowest BCUT2D eigenvalue weighted by atomic mass is 10.1. The van der Waals surface area contributed by atoms with Crippen LogP contribution in [0, 0.1) is 0 Å². The van der Waals surface area contributed by atoms with E-state index < -0.39 is 5.60 Å². The van der Waals surface area contributed by atoms with Crippen molar-refractivity contribution in [3.8, 4) is 11.5 Å². The number of hydrogen-bond acceptors (Lipinski definition) is 4. The largest absolute Gasteiger partial charge is 0.508 e. The van der Waals surface area contributed by atoms with E-state index in [4.69, 9.17) is 4.74 Å². The minimum absolute atomic E-state index is 0.156. The molecule has 0 saturated carbocycles. The Kier molecular flexibility index (Phi) is 5.98. The van der Waals surface area contributed by atoms with E-state index in [-0.39, 0.29) is 11.7 Å². The average molecular weight is 388 g/mol. The van der Waals surface area contributed by atoms with Gasteiger partial charge >= 0.3 is 0 Å². The van der Waals surface area contributed by atoms with Crippen LogP contribution in [0.5, 0.6) is 11.5 Å². The molecule has 1 N–H and O–H groups in total. The van der Waals surface area contributed by atoms with Crippen LogP contribution in [0.3, 0.4) is 0 Å². The van der Waals surface area contributed by atoms with Crippen molar-refractivity contribution < 1.29 is 14.6 Å². The summed E-state index contributed by atoms with van der Waals surface area (Å²) in [5.74, 6) is 0.580. The van der Waals surface area contributed by atoms with Gasteiger partial charge in [0.25, 0.3) is 5.91 Å². The number of aromatic nitrogens is 1. The second-order valence-corrected chi connectivity index (χ2v) is 7.18. The molecule has 0 radical (unpaired) electrons. The van der Waals surface area contributed by atoms with Gasteiger partial charge < -0.3 is 14.7 Å². The zero-order valence-corrected chi connectivity index (χ0v) is 16.7. The third kappa shape index (κ3) is 5.23. The monoisotopic (exact) mass is 388 g/mol. The molecule has 2 aromatic carbocycles. The molecular weight excluding hydrogens is 364 g/mol. The van der Waals surface area contributed by atoms with Gasteiger partial charge in [0.15, 0.2) is 5.60 Å². The van der Waals surface area contributed by atoms with Crippen molar-refractivity contribution in [3.05, 3.63) is 84.2 Å². The normalized spacial score (nSPS) is 11.4. The molecule has 29 heavy (non-hydrogen) atoms. The van der Waals surface area contributed by atoms with Crippen molar-refractivity contribution in [2.75, 3.05) is 11.9 Å². The molecule has 0 atom stereocenters. The highest BCUT2D eigenvalue weighted by Gasteiger charge is 2.33. The maximum Gasteiger partial charge on any atom is 0.270 e. The first-order chi connectivity index (χ1) is 13.8. The number of anilines is 1. The molecule has 5 nitrogen and oxygen atoms in total. The van der Waals surface area contributed by atoms with Gasteiger partial charge in [-0.3, -0.25) is 9.78 Å². The molecule has 0 aliphatic heterocycles. The van der Waals surface area contributed by atoms with Crippen LogP contribution >= 0.6 is 0 Å². The predicted octanol–water partition coefficient (Wildman–Crippen LogP) is 4.78. The minimum atomic E-state index is -1.05. The molecular formula is C24H24N2O3. The maximum atomic E-state index is 12.9. The van der Waals surface area contributed by atoms with E-state index >= 15 is 0 Å². The smallest absolute Gasteiger partial charge is 0.270 e. The molecule has 0 unspecified atom stereocenters. The number of likely N-dealkylation sites (N-methyl/N-ethyl adjacent to an activating group) is 1. The van der Waals surface area contributed by atoms with Gasteiger partial charge in [0.2, 0.25) is 0 Å². The molecule has 0 bridgehead atoms. The van der Waals surface area contributed by atoms with E-state index in [1.807, 2.05) is 48.6 Å². The quantitative estimate of drug-likeness (QED) is 0.660. The molecule has 1 aromatic heterocycles. The summed E-state index contributed by atoms with van der Waals surface area (Å²) >= 11 is 0. The van der Waals surface area contributed by atoms with Crippen LogP contribution in [0.15, 0.2) is 73.1 Å². The van der Waals surface area contributed by atoms with Crippen LogP contribution in [0.2, 0.25) is 0 Å². The standard InChI is InChI=1S/C24H24N2O3/c1-24(2,23(28)26(3)20-8-10-21(27)11-9-20)29-22-12-6-18(7-13-22)4-5-19-14-16-25-17-15-19/h4-17,27H,1-3H3/b5-4+. The zero-order valence-electron chi connectivity index (χ0n) is 16.7. The summed E-state index contributed by atoms with van der Waals surface area (Å²) < 4.78 is 5.97. The fourth-order valence-electron chi connectivity index (χ4n) is 2.85. The Bertz CT molecular complexity index is 979. The lowest BCUT2D eigenvalue weighted by molar-refractivity contribution is -0.131. The van der Waals surface area contributed by atoms with Gasteiger partial charge in [0.05, 0.1) is 0 Å². The second-order valence-electron chi connectivity index (χ2n) is 7.18. The number of pyridine rings is 1. The number of amides is 1. The van der Waals surface area contributed by atoms with Gasteiger partial charge in [-0.25, -0.2) is 0 Å². The Balaban J connectivity index is 1.67. The summed E-state index contributed by atoms with van der Waals surface area (Å²) in [4.78, 5) is 18.4. The van der Waals surface area contributed by atoms with Crippen LogP contribution in [0.25, 0.3) is 12.2 Å². The number of ether oxygens (including phenoxy) is 1. The fraction of sp³-hybridized carbons (Fsp3) is 0.167. The van der Waals surface area contributed by atoms with Crippen molar-refractivity contribution in [3.63, 3.8) is 0 Å². The number of benzene rings is 2. The van der Waals surface area contributed by atoms with Crippen LogP contribution in [0.4, 0.5) is 5.69 Å². The zero-order chi connectivity index (χ0) is 20.9. The van der Waals surface area contributed by atoms with Gasteiger partial charge in [-0.1, -0.05) is 24.3 Å². The molecule has 0 aliphatic carbocycles. The molecule has 3 rings (SSSR count). The van der Waals surface area contributed by atoms with Crippen LogP contribution in [0.1, 0.15) is 25.0 Å². The molecule has 0 fully saturated rings. The van der Waals surface area contributed by atoms with Crippen molar-refractivity contribution in [2.24, 2.45) is 0 Å². The SMILES string of the molecule is CN(C(=O)C(C)(C)Oc1ccc(/C=C/c2ccncc2)cc1)c1ccc(O)cc1. The van der Waals surface area contributed by atoms with Crippen LogP contribution < -0.4 is 9.64 Å². The van der Waals surface area contributed by atoms with Gasteiger partial charge in [0.1, 0.15) is 11.5 Å². The number of nitrogens with zero attached hydrogens (tertiary/aromatic N) is 2. The number of carbonyl (C=O) groups excluding carboxylic acids is 1. The highest BCUT2D eigenvalue weighted by Crippen LogP contribution is 2.24. The van der Waals surface area contributed by atoms with Gasteiger partial charge in [-0.05, 0) is 73.5 Å². The van der Waals surface area contributed by atoms with Crippen molar-refractivity contribution in [1.82, 2.24) is 4.98 Å². The van der Waals surface area contributed by atoms with Crippen molar-refractivity contribution in [1.29, 1.82) is 0 Å². The Morgan fingerprint density at radius 2 is 1.48 bits per heavy atom. The summed E-state index contributed by atoms with van der Waals surface area (Å²) in [5.41, 5.74) is 1.73. The summed E-state index contributed by atoms with van der Waals surface area (Å²) in [7, 11) is 1.69. The Morgan fingerprint density at radius 1 is 0.931 bits per heavy atom. The highest BCUT2D eigenvalue weighted by molar-refractivity contribution is 5.98. The van der Waals surface area contributed by atoms with E-state index in [1.165, 1.54) is 4.90 Å². The first kappa shape index (κ1) is 20.1. The number of rotatable bonds is 6. The summed E-state index contributed by atoms with van der Waals surface area (Å²) in [6, 6.07) is 17.9. The number of carbonyl (C=O) groups is 1. The summed E-state index contributed by atoms with van der Waals surface area (Å²) in [6.45, 7) is 3.48. The van der Waals surface area contributed by atoms with Gasteiger partial charge in [-0.2, -0.15) is 0 Å². The highest BCUT2D eigenvalue weighted by atomic mass is 16.5. The fourth-order valence-corrected chi connectivity index (χ4v) is 2.85. The summed E-state index contributed by atoms with van der Waals surface area (Å²) in [6.07, 6.45) is 7.53. The molecule has 148 valence electrons. The Hall–Kier alpha value is -3.60. The Morgan fingerprint density at radius 3 is 2.07 bits per heavy atom. The van der Waals surface area contributed by atoms with E-state index in [9.17, 15) is 9.90 Å². The number of phenolic OH excluding ortho intramolecular Hbond substituents is 1. The van der Waals surface area contributed by atoms with E-state index in [0.717, 1.165) is 11.1 Å². The second kappa shape index (κ2) is 8.61. The topological polar surface area (TPSA) is 62.7 Å². The van der Waals surface area contributed by atoms with Gasteiger partial charge in [-0.15, -0.1) is 0 Å². The first-order valence-electron chi connectivity index (χ1n) is 9.29. The molecule has 0 spiro atoms. The minimum Gasteiger partial charge on any atom is -0.508 e. The molecule has 3 aromatic rings. The number of aromatic hydroxyl groups is 1. The third-order valence-electron chi connectivity index (χ3n) is 4.48. The van der Waals surface area contributed by atoms with Crippen LogP contribution in [-0.2, 0) is 4.79 Å². The molecule has 1 amide bonds. The average Bonchev–Trinajstić information content (AvgIpc) is 2.73. The predicted molar refractivity (Wildman–Crippen MR) is 116 cm³/mol. The summed E-state index contributed by atoms with van der Waals surface area (Å²) in [5, 5.41) is 9.42. The number of phenols is 1.